The van der Waals surface area contributed by atoms with Crippen LogP contribution in [0.15, 0.2) is 24.3 Å². The summed E-state index contributed by atoms with van der Waals surface area (Å²) in [6.45, 7) is 6.19. The number of carbonyl (C=O) groups excluding carboxylic acids is 1. The van der Waals surface area contributed by atoms with E-state index in [1.54, 1.807) is 0 Å². The summed E-state index contributed by atoms with van der Waals surface area (Å²) in [5.74, 6) is 0.497. The lowest BCUT2D eigenvalue weighted by molar-refractivity contribution is -0.121. The van der Waals surface area contributed by atoms with Gasteiger partial charge in [-0.3, -0.25) is 4.79 Å². The molecule has 0 bridgehead atoms. The third kappa shape index (κ3) is 3.93. The van der Waals surface area contributed by atoms with Crippen molar-refractivity contribution in [2.24, 2.45) is 5.92 Å². The third-order valence-corrected chi connectivity index (χ3v) is 2.70. The molecule has 0 aliphatic heterocycles. The van der Waals surface area contributed by atoms with Gasteiger partial charge in [0, 0.05) is 11.7 Å². The predicted molar refractivity (Wildman–Crippen MR) is 67.0 cm³/mol. The lowest BCUT2D eigenvalue weighted by Gasteiger charge is -2.17. The van der Waals surface area contributed by atoms with Crippen molar-refractivity contribution in [3.05, 3.63) is 29.8 Å². The molecule has 1 rings (SSSR count). The second-order valence-electron chi connectivity index (χ2n) is 4.52. The molecular formula is C13H20N2O. The van der Waals surface area contributed by atoms with Crippen molar-refractivity contribution in [3.63, 3.8) is 0 Å². The molecule has 0 aliphatic rings. The van der Waals surface area contributed by atoms with E-state index in [2.05, 4.69) is 19.2 Å². The number of nitrogens with two attached hydrogens (primary N) is 1. The summed E-state index contributed by atoms with van der Waals surface area (Å²) in [7, 11) is 0. The number of nitrogen functional groups attached to an aromatic ring is 1. The molecule has 16 heavy (non-hydrogen) atoms. The van der Waals surface area contributed by atoms with Gasteiger partial charge >= 0.3 is 0 Å². The van der Waals surface area contributed by atoms with Gasteiger partial charge in [0.2, 0.25) is 5.91 Å². The Kier molecular flexibility index (Phi) is 4.35. The summed E-state index contributed by atoms with van der Waals surface area (Å²) in [6.07, 6.45) is 0.391. The molecule has 0 saturated carbocycles. The lowest BCUT2D eigenvalue weighted by Crippen LogP contribution is -2.37. The summed E-state index contributed by atoms with van der Waals surface area (Å²) in [5.41, 5.74) is 7.30. The minimum Gasteiger partial charge on any atom is -0.399 e. The number of rotatable bonds is 4. The highest BCUT2D eigenvalue weighted by atomic mass is 16.1. The molecule has 0 radical (unpaired) electrons. The quantitative estimate of drug-likeness (QED) is 0.762. The Hall–Kier alpha value is -1.51. The zero-order valence-electron chi connectivity index (χ0n) is 10.2. The van der Waals surface area contributed by atoms with Crippen molar-refractivity contribution >= 4 is 11.6 Å². The smallest absolute Gasteiger partial charge is 0.224 e. The maximum atomic E-state index is 11.7. The number of nitrogens with one attached hydrogen (secondary N) is 1. The van der Waals surface area contributed by atoms with Crippen molar-refractivity contribution < 1.29 is 4.79 Å². The molecule has 88 valence electrons. The number of benzene rings is 1. The fourth-order valence-corrected chi connectivity index (χ4v) is 1.36. The molecule has 0 aromatic heterocycles. The van der Waals surface area contributed by atoms with Gasteiger partial charge < -0.3 is 11.1 Å². The third-order valence-electron chi connectivity index (χ3n) is 2.70. The zero-order chi connectivity index (χ0) is 12.1. The van der Waals surface area contributed by atoms with E-state index in [-0.39, 0.29) is 11.9 Å². The molecule has 0 fully saturated rings. The van der Waals surface area contributed by atoms with E-state index in [9.17, 15) is 4.79 Å². The largest absolute Gasteiger partial charge is 0.399 e. The fraction of sp³-hybridized carbons (Fsp3) is 0.462. The highest BCUT2D eigenvalue weighted by Gasteiger charge is 2.10. The first kappa shape index (κ1) is 12.6. The van der Waals surface area contributed by atoms with Crippen LogP contribution in [0.5, 0.6) is 0 Å². The maximum absolute atomic E-state index is 11.7. The predicted octanol–water partition coefficient (Wildman–Crippen LogP) is 1.97. The maximum Gasteiger partial charge on any atom is 0.224 e. The van der Waals surface area contributed by atoms with Crippen molar-refractivity contribution in [2.45, 2.75) is 33.2 Å². The van der Waals surface area contributed by atoms with E-state index in [1.165, 1.54) is 0 Å². The van der Waals surface area contributed by atoms with Gasteiger partial charge in [-0.2, -0.15) is 0 Å². The first-order valence-corrected chi connectivity index (χ1v) is 5.63. The summed E-state index contributed by atoms with van der Waals surface area (Å²) < 4.78 is 0. The van der Waals surface area contributed by atoms with E-state index in [1.807, 2.05) is 31.2 Å². The summed E-state index contributed by atoms with van der Waals surface area (Å²) in [6, 6.07) is 7.63. The SMILES string of the molecule is CC(C)[C@H](C)NC(=O)Cc1cccc(N)c1. The first-order chi connectivity index (χ1) is 7.49. The monoisotopic (exact) mass is 220 g/mol. The van der Waals surface area contributed by atoms with Crippen molar-refractivity contribution in [2.75, 3.05) is 5.73 Å². The van der Waals surface area contributed by atoms with Gasteiger partial charge in [0.05, 0.1) is 6.42 Å². The normalized spacial score (nSPS) is 12.5. The summed E-state index contributed by atoms with van der Waals surface area (Å²) in [5, 5.41) is 2.97. The van der Waals surface area contributed by atoms with Crippen LogP contribution in [0.3, 0.4) is 0 Å². The van der Waals surface area contributed by atoms with Crippen LogP contribution in [0.4, 0.5) is 5.69 Å². The standard InChI is InChI=1S/C13H20N2O/c1-9(2)10(3)15-13(16)8-11-5-4-6-12(14)7-11/h4-7,9-10H,8,14H2,1-3H3,(H,15,16)/t10-/m0/s1. The van der Waals surface area contributed by atoms with Gasteiger partial charge in [-0.05, 0) is 30.5 Å². The Morgan fingerprint density at radius 3 is 2.62 bits per heavy atom. The van der Waals surface area contributed by atoms with Crippen molar-refractivity contribution in [1.82, 2.24) is 5.32 Å². The molecule has 0 spiro atoms. The lowest BCUT2D eigenvalue weighted by atomic mass is 10.1. The number of amides is 1. The molecule has 0 unspecified atom stereocenters. The van der Waals surface area contributed by atoms with Gasteiger partial charge in [-0.15, -0.1) is 0 Å². The van der Waals surface area contributed by atoms with Gasteiger partial charge in [-0.1, -0.05) is 26.0 Å². The molecule has 3 N–H and O–H groups in total. The summed E-state index contributed by atoms with van der Waals surface area (Å²) >= 11 is 0. The van der Waals surface area contributed by atoms with Crippen molar-refractivity contribution in [3.8, 4) is 0 Å². The Labute approximate surface area is 97.0 Å². The molecular weight excluding hydrogens is 200 g/mol. The molecule has 3 heteroatoms. The molecule has 3 nitrogen and oxygen atoms in total. The fourth-order valence-electron chi connectivity index (χ4n) is 1.36. The van der Waals surface area contributed by atoms with Crippen LogP contribution >= 0.6 is 0 Å². The van der Waals surface area contributed by atoms with Gasteiger partial charge in [0.25, 0.3) is 0 Å². The van der Waals surface area contributed by atoms with Crippen LogP contribution in [-0.4, -0.2) is 11.9 Å². The number of carbonyl (C=O) groups is 1. The second kappa shape index (κ2) is 5.54. The molecule has 1 aromatic carbocycles. The van der Waals surface area contributed by atoms with Crippen molar-refractivity contribution in [1.29, 1.82) is 0 Å². The van der Waals surface area contributed by atoms with E-state index < -0.39 is 0 Å². The van der Waals surface area contributed by atoms with Crippen LogP contribution in [-0.2, 0) is 11.2 Å². The Morgan fingerprint density at radius 1 is 1.38 bits per heavy atom. The number of anilines is 1. The molecule has 1 aromatic rings. The molecule has 1 atom stereocenters. The molecule has 1 amide bonds. The highest BCUT2D eigenvalue weighted by Crippen LogP contribution is 2.07. The van der Waals surface area contributed by atoms with E-state index in [4.69, 9.17) is 5.73 Å². The van der Waals surface area contributed by atoms with E-state index >= 15 is 0 Å². The van der Waals surface area contributed by atoms with Crippen LogP contribution < -0.4 is 11.1 Å². The zero-order valence-corrected chi connectivity index (χ0v) is 10.2. The highest BCUT2D eigenvalue weighted by molar-refractivity contribution is 5.79. The first-order valence-electron chi connectivity index (χ1n) is 5.63. The Balaban J connectivity index is 2.52. The average Bonchev–Trinajstić information content (AvgIpc) is 2.16. The van der Waals surface area contributed by atoms with Crippen LogP contribution in [0.1, 0.15) is 26.3 Å². The Morgan fingerprint density at radius 2 is 2.06 bits per heavy atom. The summed E-state index contributed by atoms with van der Waals surface area (Å²) in [4.78, 5) is 11.7. The minimum atomic E-state index is 0.0480. The van der Waals surface area contributed by atoms with E-state index in [0.717, 1.165) is 5.56 Å². The second-order valence-corrected chi connectivity index (χ2v) is 4.52. The van der Waals surface area contributed by atoms with Gasteiger partial charge in [-0.25, -0.2) is 0 Å². The minimum absolute atomic E-state index is 0.0480. The number of hydrogen-bond donors (Lipinski definition) is 2. The van der Waals surface area contributed by atoms with Crippen LogP contribution in [0, 0.1) is 5.92 Å². The Bertz CT molecular complexity index is 361. The van der Waals surface area contributed by atoms with Gasteiger partial charge in [0.1, 0.15) is 0 Å². The van der Waals surface area contributed by atoms with Crippen LogP contribution in [0.25, 0.3) is 0 Å². The van der Waals surface area contributed by atoms with Gasteiger partial charge in [0.15, 0.2) is 0 Å². The molecule has 0 heterocycles. The topological polar surface area (TPSA) is 55.1 Å². The van der Waals surface area contributed by atoms with Crippen LogP contribution in [0.2, 0.25) is 0 Å². The number of hydrogen-bond acceptors (Lipinski definition) is 2. The van der Waals surface area contributed by atoms with E-state index in [0.29, 0.717) is 18.0 Å². The molecule has 0 saturated heterocycles. The molecule has 0 aliphatic carbocycles. The average molecular weight is 220 g/mol.